The summed E-state index contributed by atoms with van der Waals surface area (Å²) >= 11 is 4.27. The maximum atomic E-state index is 13.5. The molecule has 29 heavy (non-hydrogen) atoms. The molecule has 0 saturated carbocycles. The second-order valence-electron chi connectivity index (χ2n) is 6.20. The average Bonchev–Trinajstić information content (AvgIpc) is 2.70. The standard InChI is InChI=1S/C13H15FN2O2.C8H12N2S/c1-4-10(2)15-8-16(9-17)11-5-6-13(18-3)12(14)7-11;1-6-7(10(2)3)4-9-5-8(6)11/h4-9H,1-3H3;4-5,11H,1-3H3/b10-4-,15-8?;. The highest BCUT2D eigenvalue weighted by Gasteiger charge is 2.08. The lowest BCUT2D eigenvalue weighted by Crippen LogP contribution is -2.18. The van der Waals surface area contributed by atoms with Gasteiger partial charge in [0.1, 0.15) is 6.34 Å². The Morgan fingerprint density at radius 2 is 2.00 bits per heavy atom. The number of hydrogen-bond donors (Lipinski definition) is 1. The summed E-state index contributed by atoms with van der Waals surface area (Å²) in [5.74, 6) is -0.399. The van der Waals surface area contributed by atoms with E-state index in [1.807, 2.05) is 39.0 Å². The van der Waals surface area contributed by atoms with Crippen molar-refractivity contribution in [3.63, 3.8) is 0 Å². The molecule has 1 heterocycles. The predicted octanol–water partition coefficient (Wildman–Crippen LogP) is 4.49. The monoisotopic (exact) mass is 418 g/mol. The van der Waals surface area contributed by atoms with Crippen LogP contribution in [0.2, 0.25) is 0 Å². The second-order valence-corrected chi connectivity index (χ2v) is 6.69. The number of carbonyl (C=O) groups is 1. The minimum absolute atomic E-state index is 0.131. The van der Waals surface area contributed by atoms with E-state index >= 15 is 0 Å². The maximum absolute atomic E-state index is 13.5. The van der Waals surface area contributed by atoms with Gasteiger partial charge in [-0.05, 0) is 38.5 Å². The number of aliphatic imine (C=N–C) groups is 1. The average molecular weight is 419 g/mol. The molecular weight excluding hydrogens is 391 g/mol. The summed E-state index contributed by atoms with van der Waals surface area (Å²) < 4.78 is 18.3. The number of ether oxygens (including phenoxy) is 1. The molecule has 0 aliphatic rings. The summed E-state index contributed by atoms with van der Waals surface area (Å²) in [7, 11) is 5.38. The van der Waals surface area contributed by atoms with Crippen molar-refractivity contribution >= 4 is 36.8 Å². The van der Waals surface area contributed by atoms with Crippen LogP contribution in [0.4, 0.5) is 15.8 Å². The van der Waals surface area contributed by atoms with Gasteiger partial charge in [0.2, 0.25) is 6.41 Å². The molecule has 1 aromatic heterocycles. The molecule has 0 radical (unpaired) electrons. The Morgan fingerprint density at radius 3 is 2.48 bits per heavy atom. The minimum Gasteiger partial charge on any atom is -0.494 e. The first-order valence-corrected chi connectivity index (χ1v) is 9.25. The highest BCUT2D eigenvalue weighted by atomic mass is 32.1. The second kappa shape index (κ2) is 11.9. The third kappa shape index (κ3) is 7.23. The maximum Gasteiger partial charge on any atom is 0.219 e. The van der Waals surface area contributed by atoms with Gasteiger partial charge in [-0.25, -0.2) is 9.38 Å². The van der Waals surface area contributed by atoms with E-state index in [1.54, 1.807) is 25.3 Å². The number of halogens is 1. The molecule has 2 rings (SSSR count). The number of thiol groups is 1. The van der Waals surface area contributed by atoms with Crippen molar-refractivity contribution in [2.45, 2.75) is 25.7 Å². The fourth-order valence-corrected chi connectivity index (χ4v) is 2.33. The van der Waals surface area contributed by atoms with E-state index < -0.39 is 5.82 Å². The van der Waals surface area contributed by atoms with E-state index in [0.29, 0.717) is 12.1 Å². The number of amides is 1. The van der Waals surface area contributed by atoms with Gasteiger partial charge in [-0.1, -0.05) is 6.08 Å². The molecule has 1 amide bonds. The zero-order chi connectivity index (χ0) is 22.0. The number of allylic oxidation sites excluding steroid dienone is 2. The number of nitrogens with zero attached hydrogens (tertiary/aromatic N) is 4. The van der Waals surface area contributed by atoms with Crippen LogP contribution in [0.15, 0.2) is 52.3 Å². The van der Waals surface area contributed by atoms with Crippen molar-refractivity contribution in [1.82, 2.24) is 4.98 Å². The summed E-state index contributed by atoms with van der Waals surface area (Å²) in [6.07, 6.45) is 7.30. The van der Waals surface area contributed by atoms with E-state index in [-0.39, 0.29) is 5.75 Å². The fraction of sp³-hybridized carbons (Fsp3) is 0.286. The quantitative estimate of drug-likeness (QED) is 0.325. The Labute approximate surface area is 177 Å². The molecular formula is C21H27FN4O2S. The summed E-state index contributed by atoms with van der Waals surface area (Å²) in [6, 6.07) is 4.25. The number of rotatable bonds is 6. The van der Waals surface area contributed by atoms with Crippen molar-refractivity contribution in [3.05, 3.63) is 53.7 Å². The topological polar surface area (TPSA) is 58.0 Å². The Balaban J connectivity index is 0.000000326. The molecule has 0 bridgehead atoms. The molecule has 0 aliphatic carbocycles. The highest BCUT2D eigenvalue weighted by molar-refractivity contribution is 7.80. The Hall–Kier alpha value is -2.87. The first-order valence-electron chi connectivity index (χ1n) is 8.80. The molecule has 8 heteroatoms. The lowest BCUT2D eigenvalue weighted by atomic mass is 10.2. The van der Waals surface area contributed by atoms with Gasteiger partial charge in [-0.3, -0.25) is 14.7 Å². The van der Waals surface area contributed by atoms with Crippen LogP contribution in [0.1, 0.15) is 19.4 Å². The molecule has 0 unspecified atom stereocenters. The van der Waals surface area contributed by atoms with Gasteiger partial charge in [-0.2, -0.15) is 0 Å². The third-order valence-electron chi connectivity index (χ3n) is 3.99. The Bertz CT molecular complexity index is 885. The number of hydrogen-bond acceptors (Lipinski definition) is 6. The van der Waals surface area contributed by atoms with E-state index in [4.69, 9.17) is 4.74 Å². The molecule has 0 fully saturated rings. The van der Waals surface area contributed by atoms with Gasteiger partial charge in [0.15, 0.2) is 11.6 Å². The first kappa shape index (κ1) is 24.2. The van der Waals surface area contributed by atoms with Gasteiger partial charge in [0.05, 0.1) is 24.7 Å². The van der Waals surface area contributed by atoms with E-state index in [2.05, 4.69) is 22.6 Å². The van der Waals surface area contributed by atoms with Crippen LogP contribution in [-0.2, 0) is 4.79 Å². The van der Waals surface area contributed by atoms with Crippen LogP contribution in [-0.4, -0.2) is 38.9 Å². The summed E-state index contributed by atoms with van der Waals surface area (Å²) in [5, 5.41) is 0. The SMILES string of the molecule is C/C=C(/C)N=CN(C=O)c1ccc(OC)c(F)c1.Cc1c(S)cncc1N(C)C. The number of carbonyl (C=O) groups excluding carboxylic acids is 1. The van der Waals surface area contributed by atoms with Crippen molar-refractivity contribution in [2.75, 3.05) is 31.0 Å². The number of pyridine rings is 1. The van der Waals surface area contributed by atoms with E-state index in [0.717, 1.165) is 16.3 Å². The normalized spacial score (nSPS) is 11.0. The molecule has 0 aliphatic heterocycles. The Morgan fingerprint density at radius 1 is 1.31 bits per heavy atom. The summed E-state index contributed by atoms with van der Waals surface area (Å²) in [6.45, 7) is 5.68. The Kier molecular flexibility index (Phi) is 9.88. The molecule has 0 N–H and O–H groups in total. The summed E-state index contributed by atoms with van der Waals surface area (Å²) in [5.41, 5.74) is 3.44. The van der Waals surface area contributed by atoms with Crippen LogP contribution >= 0.6 is 12.6 Å². The van der Waals surface area contributed by atoms with Gasteiger partial charge < -0.3 is 9.64 Å². The number of aromatic nitrogens is 1. The molecule has 0 spiro atoms. The molecule has 156 valence electrons. The van der Waals surface area contributed by atoms with Crippen LogP contribution in [0.25, 0.3) is 0 Å². The number of benzene rings is 1. The van der Waals surface area contributed by atoms with Crippen molar-refractivity contribution in [1.29, 1.82) is 0 Å². The van der Waals surface area contributed by atoms with E-state index in [9.17, 15) is 9.18 Å². The van der Waals surface area contributed by atoms with Crippen LogP contribution in [0.3, 0.4) is 0 Å². The van der Waals surface area contributed by atoms with Crippen molar-refractivity contribution < 1.29 is 13.9 Å². The van der Waals surface area contributed by atoms with Gasteiger partial charge in [0, 0.05) is 37.0 Å². The number of methoxy groups -OCH3 is 1. The molecule has 6 nitrogen and oxygen atoms in total. The van der Waals surface area contributed by atoms with E-state index in [1.165, 1.54) is 36.0 Å². The lowest BCUT2D eigenvalue weighted by molar-refractivity contribution is -0.106. The van der Waals surface area contributed by atoms with Crippen molar-refractivity contribution in [2.24, 2.45) is 4.99 Å². The first-order chi connectivity index (χ1) is 13.7. The zero-order valence-corrected chi connectivity index (χ0v) is 18.4. The minimum atomic E-state index is -0.530. The molecule has 0 atom stereocenters. The molecule has 1 aromatic carbocycles. The van der Waals surface area contributed by atoms with Gasteiger partial charge in [0.25, 0.3) is 0 Å². The predicted molar refractivity (Wildman–Crippen MR) is 120 cm³/mol. The molecule has 0 saturated heterocycles. The van der Waals surface area contributed by atoms with Gasteiger partial charge >= 0.3 is 0 Å². The third-order valence-corrected chi connectivity index (χ3v) is 4.45. The largest absolute Gasteiger partial charge is 0.494 e. The molecule has 2 aromatic rings. The number of anilines is 2. The zero-order valence-electron chi connectivity index (χ0n) is 17.5. The van der Waals surface area contributed by atoms with Crippen LogP contribution < -0.4 is 14.5 Å². The smallest absolute Gasteiger partial charge is 0.219 e. The summed E-state index contributed by atoms with van der Waals surface area (Å²) in [4.78, 5) is 23.2. The highest BCUT2D eigenvalue weighted by Crippen LogP contribution is 2.23. The lowest BCUT2D eigenvalue weighted by Gasteiger charge is -2.15. The van der Waals surface area contributed by atoms with Crippen LogP contribution in [0, 0.1) is 12.7 Å². The van der Waals surface area contributed by atoms with Crippen LogP contribution in [0.5, 0.6) is 5.75 Å². The van der Waals surface area contributed by atoms with Gasteiger partial charge in [-0.15, -0.1) is 12.6 Å². The van der Waals surface area contributed by atoms with Crippen molar-refractivity contribution in [3.8, 4) is 5.75 Å². The fourth-order valence-electron chi connectivity index (χ4n) is 2.15.